The Labute approximate surface area is 81.8 Å². The second-order valence-electron chi connectivity index (χ2n) is 2.47. The molecule has 0 bridgehead atoms. The minimum atomic E-state index is -0.466. The molecule has 0 aliphatic rings. The minimum Gasteiger partial charge on any atom is -0.489 e. The van der Waals surface area contributed by atoms with Gasteiger partial charge in [0.25, 0.3) is 0 Å². The van der Waals surface area contributed by atoms with Crippen LogP contribution in [-0.2, 0) is 0 Å². The fourth-order valence-electron chi connectivity index (χ4n) is 0.818. The monoisotopic (exact) mass is 199 g/mol. The maximum absolute atomic E-state index is 13.0. The third kappa shape index (κ3) is 2.46. The van der Waals surface area contributed by atoms with Crippen molar-refractivity contribution in [3.63, 3.8) is 0 Å². The van der Waals surface area contributed by atoms with Crippen LogP contribution in [0.15, 0.2) is 24.8 Å². The molecule has 0 spiro atoms. The van der Waals surface area contributed by atoms with E-state index >= 15 is 0 Å². The zero-order valence-electron chi connectivity index (χ0n) is 7.02. The van der Waals surface area contributed by atoms with Crippen molar-refractivity contribution in [1.82, 2.24) is 0 Å². The van der Waals surface area contributed by atoms with Crippen LogP contribution in [-0.4, -0.2) is 6.61 Å². The lowest BCUT2D eigenvalue weighted by Crippen LogP contribution is -1.94. The molecule has 0 unspecified atom stereocenters. The maximum Gasteiger partial charge on any atom is 0.131 e. The summed E-state index contributed by atoms with van der Waals surface area (Å²) in [6.07, 6.45) is 1.57. The van der Waals surface area contributed by atoms with Crippen molar-refractivity contribution in [2.24, 2.45) is 0 Å². The number of halogens is 2. The maximum atomic E-state index is 13.0. The number of ether oxygens (including phenoxy) is 1. The third-order valence-corrected chi connectivity index (χ3v) is 1.82. The summed E-state index contributed by atoms with van der Waals surface area (Å²) in [5.41, 5.74) is 0.188. The van der Waals surface area contributed by atoms with Crippen LogP contribution in [0, 0.1) is 12.7 Å². The number of benzene rings is 1. The molecule has 0 N–H and O–H groups in total. The van der Waals surface area contributed by atoms with E-state index < -0.39 is 5.82 Å². The summed E-state index contributed by atoms with van der Waals surface area (Å²) in [5.74, 6) is -0.0821. The van der Waals surface area contributed by atoms with E-state index in [9.17, 15) is 4.39 Å². The molecule has 0 atom stereocenters. The van der Waals surface area contributed by atoms with Crippen molar-refractivity contribution in [2.45, 2.75) is 0 Å². The van der Waals surface area contributed by atoms with E-state index in [0.29, 0.717) is 12.4 Å². The van der Waals surface area contributed by atoms with Crippen molar-refractivity contribution in [3.8, 4) is 5.75 Å². The first-order chi connectivity index (χ1) is 6.15. The van der Waals surface area contributed by atoms with Crippen LogP contribution in [0.1, 0.15) is 5.56 Å². The van der Waals surface area contributed by atoms with Gasteiger partial charge in [-0.05, 0) is 13.0 Å². The summed E-state index contributed by atoms with van der Waals surface area (Å²) < 4.78 is 18.1. The summed E-state index contributed by atoms with van der Waals surface area (Å²) in [6, 6.07) is 2.77. The van der Waals surface area contributed by atoms with Gasteiger partial charge in [-0.15, -0.1) is 0 Å². The molecule has 1 rings (SSSR count). The quantitative estimate of drug-likeness (QED) is 0.680. The molecule has 3 heteroatoms. The zero-order valence-corrected chi connectivity index (χ0v) is 7.77. The lowest BCUT2D eigenvalue weighted by molar-refractivity contribution is 0.361. The summed E-state index contributed by atoms with van der Waals surface area (Å²) >= 11 is 5.69. The van der Waals surface area contributed by atoms with Crippen molar-refractivity contribution in [1.29, 1.82) is 0 Å². The van der Waals surface area contributed by atoms with E-state index in [4.69, 9.17) is 16.3 Å². The average Bonchev–Trinajstić information content (AvgIpc) is 2.10. The second kappa shape index (κ2) is 4.28. The van der Waals surface area contributed by atoms with Crippen LogP contribution in [0.3, 0.4) is 0 Å². The summed E-state index contributed by atoms with van der Waals surface area (Å²) in [7, 11) is 0. The summed E-state index contributed by atoms with van der Waals surface area (Å²) in [6.45, 7) is 7.26. The molecule has 0 heterocycles. The average molecular weight is 200 g/mol. The van der Waals surface area contributed by atoms with E-state index in [-0.39, 0.29) is 10.6 Å². The first-order valence-electron chi connectivity index (χ1n) is 3.70. The van der Waals surface area contributed by atoms with Crippen LogP contribution in [0.4, 0.5) is 4.39 Å². The molecular formula is C10H9ClFO. The highest BCUT2D eigenvalue weighted by Crippen LogP contribution is 2.24. The standard InChI is InChI=1S/C10H9ClFO/c1-3-4-13-8-5-9(11)7(2)10(12)6-8/h3,5-6H,1-2,4H2. The van der Waals surface area contributed by atoms with Crippen molar-refractivity contribution in [3.05, 3.63) is 48.1 Å². The number of hydrogen-bond acceptors (Lipinski definition) is 1. The Kier molecular flexibility index (Phi) is 3.32. The molecule has 0 saturated heterocycles. The SMILES string of the molecule is [CH2]c1c(F)cc(OCC=C)cc1Cl. The molecular weight excluding hydrogens is 191 g/mol. The second-order valence-corrected chi connectivity index (χ2v) is 2.87. The topological polar surface area (TPSA) is 9.23 Å². The fraction of sp³-hybridized carbons (Fsp3) is 0.100. The Hall–Kier alpha value is -1.02. The first-order valence-corrected chi connectivity index (χ1v) is 4.07. The molecule has 0 saturated carbocycles. The van der Waals surface area contributed by atoms with Gasteiger partial charge in [-0.1, -0.05) is 24.3 Å². The molecule has 69 valence electrons. The van der Waals surface area contributed by atoms with Gasteiger partial charge in [0.05, 0.1) is 5.02 Å². The van der Waals surface area contributed by atoms with E-state index in [1.165, 1.54) is 12.1 Å². The smallest absolute Gasteiger partial charge is 0.131 e. The summed E-state index contributed by atoms with van der Waals surface area (Å²) in [5, 5.41) is 0.263. The lowest BCUT2D eigenvalue weighted by atomic mass is 10.2. The highest BCUT2D eigenvalue weighted by atomic mass is 35.5. The predicted octanol–water partition coefficient (Wildman–Crippen LogP) is 3.23. The number of hydrogen-bond donors (Lipinski definition) is 0. The third-order valence-electron chi connectivity index (χ3n) is 1.48. The molecule has 13 heavy (non-hydrogen) atoms. The van der Waals surface area contributed by atoms with Crippen LogP contribution in [0.2, 0.25) is 5.02 Å². The summed E-state index contributed by atoms with van der Waals surface area (Å²) in [4.78, 5) is 0. The normalized spacial score (nSPS) is 9.77. The Balaban J connectivity index is 2.92. The molecule has 0 aliphatic carbocycles. The molecule has 0 aliphatic heterocycles. The van der Waals surface area contributed by atoms with E-state index in [0.717, 1.165) is 0 Å². The van der Waals surface area contributed by atoms with Crippen molar-refractivity contribution < 1.29 is 9.13 Å². The molecule has 1 nitrogen and oxygen atoms in total. The van der Waals surface area contributed by atoms with Gasteiger partial charge in [-0.25, -0.2) is 4.39 Å². The van der Waals surface area contributed by atoms with Crippen molar-refractivity contribution >= 4 is 11.6 Å². The first kappa shape index (κ1) is 10.1. The molecule has 1 aromatic carbocycles. The van der Waals surface area contributed by atoms with Gasteiger partial charge in [0, 0.05) is 11.6 Å². The van der Waals surface area contributed by atoms with Crippen LogP contribution in [0.25, 0.3) is 0 Å². The van der Waals surface area contributed by atoms with Gasteiger partial charge in [-0.3, -0.25) is 0 Å². The lowest BCUT2D eigenvalue weighted by Gasteiger charge is -2.05. The van der Waals surface area contributed by atoms with Gasteiger partial charge >= 0.3 is 0 Å². The Morgan fingerprint density at radius 2 is 2.23 bits per heavy atom. The zero-order chi connectivity index (χ0) is 9.84. The van der Waals surface area contributed by atoms with Gasteiger partial charge in [0.15, 0.2) is 0 Å². The van der Waals surface area contributed by atoms with Gasteiger partial charge in [-0.2, -0.15) is 0 Å². The molecule has 1 radical (unpaired) electrons. The molecule has 1 aromatic rings. The molecule has 0 aromatic heterocycles. The highest BCUT2D eigenvalue weighted by molar-refractivity contribution is 6.31. The van der Waals surface area contributed by atoms with Crippen LogP contribution in [0.5, 0.6) is 5.75 Å². The van der Waals surface area contributed by atoms with Gasteiger partial charge in [0.1, 0.15) is 18.2 Å². The van der Waals surface area contributed by atoms with Gasteiger partial charge < -0.3 is 4.74 Å². The largest absolute Gasteiger partial charge is 0.489 e. The number of rotatable bonds is 3. The minimum absolute atomic E-state index is 0.188. The highest BCUT2D eigenvalue weighted by Gasteiger charge is 2.05. The Bertz CT molecular complexity index is 300. The van der Waals surface area contributed by atoms with Crippen LogP contribution >= 0.6 is 11.6 Å². The molecule has 0 amide bonds. The fourth-order valence-corrected chi connectivity index (χ4v) is 1.02. The van der Waals surface area contributed by atoms with Gasteiger partial charge in [0.2, 0.25) is 0 Å². The van der Waals surface area contributed by atoms with E-state index in [1.807, 2.05) is 0 Å². The molecule has 0 fully saturated rings. The Morgan fingerprint density at radius 3 is 2.77 bits per heavy atom. The van der Waals surface area contributed by atoms with E-state index in [2.05, 4.69) is 13.5 Å². The predicted molar refractivity (Wildman–Crippen MR) is 51.6 cm³/mol. The van der Waals surface area contributed by atoms with E-state index in [1.54, 1.807) is 6.08 Å². The van der Waals surface area contributed by atoms with Crippen molar-refractivity contribution in [2.75, 3.05) is 6.61 Å². The Morgan fingerprint density at radius 1 is 1.54 bits per heavy atom. The van der Waals surface area contributed by atoms with Crippen LogP contribution < -0.4 is 4.74 Å².